The Balaban J connectivity index is 1.59. The number of imide groups is 1. The quantitative estimate of drug-likeness (QED) is 0.696. The van der Waals surface area contributed by atoms with Crippen LogP contribution in [0.4, 0.5) is 5.69 Å². The minimum atomic E-state index is -0.251. The van der Waals surface area contributed by atoms with Crippen LogP contribution in [-0.4, -0.2) is 60.9 Å². The maximum Gasteiger partial charge on any atom is 0.277 e. The minimum Gasteiger partial charge on any atom is -0.491 e. The van der Waals surface area contributed by atoms with Crippen LogP contribution in [0.25, 0.3) is 5.57 Å². The molecule has 2 aliphatic heterocycles. The van der Waals surface area contributed by atoms with E-state index in [1.807, 2.05) is 38.1 Å². The Morgan fingerprint density at radius 1 is 0.871 bits per heavy atom. The van der Waals surface area contributed by atoms with Gasteiger partial charge in [-0.15, -0.1) is 0 Å². The first-order chi connectivity index (χ1) is 14.8. The van der Waals surface area contributed by atoms with E-state index in [9.17, 15) is 9.59 Å². The average Bonchev–Trinajstić information content (AvgIpc) is 2.98. The third kappa shape index (κ3) is 4.15. The van der Waals surface area contributed by atoms with E-state index in [-0.39, 0.29) is 17.9 Å². The highest BCUT2D eigenvalue weighted by atomic mass is 16.5. The molecule has 2 aliphatic rings. The first kappa shape index (κ1) is 21.0. The van der Waals surface area contributed by atoms with Crippen molar-refractivity contribution in [2.75, 3.05) is 38.1 Å². The number of carbonyl (C=O) groups excluding carboxylic acids is 2. The SMILES string of the molecule is Cc1cccc(N2CCN(C3=C(c4ccc(OC(C)C)cc4)C(=O)N(C)C3=O)CC2)c1. The summed E-state index contributed by atoms with van der Waals surface area (Å²) >= 11 is 0. The van der Waals surface area contributed by atoms with Gasteiger partial charge in [-0.1, -0.05) is 24.3 Å². The van der Waals surface area contributed by atoms with Gasteiger partial charge in [-0.05, 0) is 56.2 Å². The Labute approximate surface area is 183 Å². The van der Waals surface area contributed by atoms with Crippen LogP contribution in [0.15, 0.2) is 54.2 Å². The van der Waals surface area contributed by atoms with Gasteiger partial charge >= 0.3 is 0 Å². The predicted molar refractivity (Wildman–Crippen MR) is 122 cm³/mol. The van der Waals surface area contributed by atoms with E-state index >= 15 is 0 Å². The highest BCUT2D eigenvalue weighted by Crippen LogP contribution is 2.32. The van der Waals surface area contributed by atoms with Crippen molar-refractivity contribution in [3.63, 3.8) is 0 Å². The smallest absolute Gasteiger partial charge is 0.277 e. The Hall–Kier alpha value is -3.28. The van der Waals surface area contributed by atoms with E-state index in [2.05, 4.69) is 41.0 Å². The normalized spacial score (nSPS) is 17.3. The van der Waals surface area contributed by atoms with Gasteiger partial charge in [0, 0.05) is 38.9 Å². The molecule has 162 valence electrons. The molecule has 0 saturated carbocycles. The molecule has 31 heavy (non-hydrogen) atoms. The number of amides is 2. The summed E-state index contributed by atoms with van der Waals surface area (Å²) in [7, 11) is 1.55. The van der Waals surface area contributed by atoms with Crippen molar-refractivity contribution in [3.8, 4) is 5.75 Å². The van der Waals surface area contributed by atoms with Crippen molar-refractivity contribution in [3.05, 3.63) is 65.4 Å². The predicted octanol–water partition coefficient (Wildman–Crippen LogP) is 3.31. The minimum absolute atomic E-state index is 0.0751. The number of nitrogens with zero attached hydrogens (tertiary/aromatic N) is 3. The molecular weight excluding hydrogens is 390 g/mol. The average molecular weight is 420 g/mol. The molecule has 0 aromatic heterocycles. The lowest BCUT2D eigenvalue weighted by molar-refractivity contribution is -0.135. The molecule has 0 atom stereocenters. The van der Waals surface area contributed by atoms with Gasteiger partial charge in [-0.3, -0.25) is 14.5 Å². The number of ether oxygens (including phenoxy) is 1. The first-order valence-electron chi connectivity index (χ1n) is 10.8. The summed E-state index contributed by atoms with van der Waals surface area (Å²) in [5.74, 6) is 0.267. The number of hydrogen-bond acceptors (Lipinski definition) is 5. The second-order valence-electron chi connectivity index (χ2n) is 8.40. The molecule has 2 heterocycles. The van der Waals surface area contributed by atoms with Crippen LogP contribution in [0.5, 0.6) is 5.75 Å². The van der Waals surface area contributed by atoms with Gasteiger partial charge in [0.15, 0.2) is 0 Å². The molecule has 6 heteroatoms. The van der Waals surface area contributed by atoms with Crippen molar-refractivity contribution >= 4 is 23.1 Å². The molecule has 2 aromatic carbocycles. The van der Waals surface area contributed by atoms with E-state index in [4.69, 9.17) is 4.74 Å². The number of hydrogen-bond donors (Lipinski definition) is 0. The molecule has 0 radical (unpaired) electrons. The summed E-state index contributed by atoms with van der Waals surface area (Å²) in [6.45, 7) is 9.01. The first-order valence-corrected chi connectivity index (χ1v) is 10.8. The van der Waals surface area contributed by atoms with Crippen LogP contribution in [0, 0.1) is 6.92 Å². The van der Waals surface area contributed by atoms with E-state index in [0.29, 0.717) is 24.4 Å². The second kappa shape index (κ2) is 8.46. The molecule has 0 bridgehead atoms. The third-order valence-electron chi connectivity index (χ3n) is 5.74. The fourth-order valence-electron chi connectivity index (χ4n) is 4.17. The Morgan fingerprint density at radius 2 is 1.52 bits per heavy atom. The van der Waals surface area contributed by atoms with Crippen molar-refractivity contribution < 1.29 is 14.3 Å². The lowest BCUT2D eigenvalue weighted by Gasteiger charge is -2.37. The molecule has 2 aromatic rings. The zero-order valence-corrected chi connectivity index (χ0v) is 18.6. The van der Waals surface area contributed by atoms with Crippen molar-refractivity contribution in [1.82, 2.24) is 9.80 Å². The molecule has 4 rings (SSSR count). The number of piperazine rings is 1. The number of likely N-dealkylation sites (N-methyl/N-ethyl adjacent to an activating group) is 1. The molecule has 0 unspecified atom stereocenters. The monoisotopic (exact) mass is 419 g/mol. The fourth-order valence-corrected chi connectivity index (χ4v) is 4.17. The van der Waals surface area contributed by atoms with Gasteiger partial charge in [0.2, 0.25) is 0 Å². The van der Waals surface area contributed by atoms with E-state index in [1.54, 1.807) is 7.05 Å². The molecule has 0 aliphatic carbocycles. The maximum atomic E-state index is 13.0. The van der Waals surface area contributed by atoms with Gasteiger partial charge in [0.05, 0.1) is 11.7 Å². The topological polar surface area (TPSA) is 53.1 Å². The number of carbonyl (C=O) groups is 2. The molecule has 0 N–H and O–H groups in total. The van der Waals surface area contributed by atoms with Gasteiger partial charge in [-0.2, -0.15) is 0 Å². The van der Waals surface area contributed by atoms with Crippen LogP contribution < -0.4 is 9.64 Å². The number of benzene rings is 2. The van der Waals surface area contributed by atoms with Crippen LogP contribution in [0.1, 0.15) is 25.0 Å². The molecule has 1 fully saturated rings. The zero-order chi connectivity index (χ0) is 22.1. The van der Waals surface area contributed by atoms with Gasteiger partial charge in [0.25, 0.3) is 11.8 Å². The molecule has 1 saturated heterocycles. The lowest BCUT2D eigenvalue weighted by Crippen LogP contribution is -2.47. The van der Waals surface area contributed by atoms with Crippen molar-refractivity contribution in [2.24, 2.45) is 0 Å². The van der Waals surface area contributed by atoms with Crippen molar-refractivity contribution in [1.29, 1.82) is 0 Å². The Bertz CT molecular complexity index is 1020. The van der Waals surface area contributed by atoms with Gasteiger partial charge < -0.3 is 14.5 Å². The largest absolute Gasteiger partial charge is 0.491 e. The standard InChI is InChI=1S/C25H29N3O3/c1-17(2)31-21-10-8-19(9-11-21)22-23(25(30)26(4)24(22)29)28-14-12-27(13-15-28)20-7-5-6-18(3)16-20/h5-11,16-17H,12-15H2,1-4H3. The zero-order valence-electron chi connectivity index (χ0n) is 18.6. The third-order valence-corrected chi connectivity index (χ3v) is 5.74. The Kier molecular flexibility index (Phi) is 5.72. The molecular formula is C25H29N3O3. The van der Waals surface area contributed by atoms with Gasteiger partial charge in [0.1, 0.15) is 11.4 Å². The lowest BCUT2D eigenvalue weighted by atomic mass is 10.0. The van der Waals surface area contributed by atoms with E-state index < -0.39 is 0 Å². The Morgan fingerprint density at radius 3 is 2.13 bits per heavy atom. The van der Waals surface area contributed by atoms with Crippen LogP contribution in [-0.2, 0) is 9.59 Å². The maximum absolute atomic E-state index is 13.0. The van der Waals surface area contributed by atoms with Crippen LogP contribution >= 0.6 is 0 Å². The highest BCUT2D eigenvalue weighted by molar-refractivity contribution is 6.35. The van der Waals surface area contributed by atoms with Crippen LogP contribution in [0.2, 0.25) is 0 Å². The number of rotatable bonds is 5. The highest BCUT2D eigenvalue weighted by Gasteiger charge is 2.40. The van der Waals surface area contributed by atoms with Crippen molar-refractivity contribution in [2.45, 2.75) is 26.9 Å². The summed E-state index contributed by atoms with van der Waals surface area (Å²) in [5, 5.41) is 0. The summed E-state index contributed by atoms with van der Waals surface area (Å²) in [4.78, 5) is 31.5. The molecule has 0 spiro atoms. The second-order valence-corrected chi connectivity index (χ2v) is 8.40. The number of anilines is 1. The van der Waals surface area contributed by atoms with Gasteiger partial charge in [-0.25, -0.2) is 0 Å². The van der Waals surface area contributed by atoms with Crippen LogP contribution in [0.3, 0.4) is 0 Å². The summed E-state index contributed by atoms with van der Waals surface area (Å²) in [5.41, 5.74) is 4.16. The summed E-state index contributed by atoms with van der Waals surface area (Å²) in [6.07, 6.45) is 0.0751. The molecule has 6 nitrogen and oxygen atoms in total. The molecule has 2 amide bonds. The van der Waals surface area contributed by atoms with E-state index in [1.165, 1.54) is 16.2 Å². The van der Waals surface area contributed by atoms with E-state index in [0.717, 1.165) is 24.4 Å². The summed E-state index contributed by atoms with van der Waals surface area (Å²) < 4.78 is 5.71. The summed E-state index contributed by atoms with van der Waals surface area (Å²) in [6, 6.07) is 15.9. The number of aryl methyl sites for hydroxylation is 1. The fraction of sp³-hybridized carbons (Fsp3) is 0.360.